The predicted molar refractivity (Wildman–Crippen MR) is 99.9 cm³/mol. The highest BCUT2D eigenvalue weighted by molar-refractivity contribution is 6.26. The van der Waals surface area contributed by atoms with Crippen LogP contribution in [0.15, 0.2) is 48.5 Å². The molecule has 0 saturated carbocycles. The monoisotopic (exact) mass is 364 g/mol. The van der Waals surface area contributed by atoms with Crippen molar-refractivity contribution in [2.75, 3.05) is 18.6 Å². The molecule has 0 aliphatic carbocycles. The third-order valence-electron chi connectivity index (χ3n) is 5.18. The van der Waals surface area contributed by atoms with Crippen molar-refractivity contribution in [3.63, 3.8) is 0 Å². The Balaban J connectivity index is 1.81. The molecule has 6 nitrogen and oxygen atoms in total. The molecule has 1 saturated heterocycles. The number of rotatable bonds is 2. The predicted octanol–water partition coefficient (Wildman–Crippen LogP) is 2.88. The lowest BCUT2D eigenvalue weighted by molar-refractivity contribution is -0.123. The average molecular weight is 364 g/mol. The highest BCUT2D eigenvalue weighted by atomic mass is 16.5. The number of fused-ring (bicyclic) bond motifs is 2. The zero-order valence-electron chi connectivity index (χ0n) is 15.1. The van der Waals surface area contributed by atoms with E-state index < -0.39 is 11.9 Å². The zero-order chi connectivity index (χ0) is 19.0. The Hall–Kier alpha value is -3.15. The maximum Gasteiger partial charge on any atom is 0.265 e. The fourth-order valence-electron chi connectivity index (χ4n) is 3.78. The number of methoxy groups -OCH3 is 1. The van der Waals surface area contributed by atoms with Crippen molar-refractivity contribution in [3.8, 4) is 5.75 Å². The lowest BCUT2D eigenvalue weighted by Crippen LogP contribution is -2.52. The molecule has 0 N–H and O–H groups in total. The number of carbonyl (C=O) groups excluding carboxylic acids is 3. The second kappa shape index (κ2) is 6.87. The number of nitrogens with zero attached hydrogens (tertiary/aromatic N) is 2. The molecule has 2 aliphatic heterocycles. The summed E-state index contributed by atoms with van der Waals surface area (Å²) in [5.41, 5.74) is 1.11. The quantitative estimate of drug-likeness (QED) is 0.769. The number of hydrogen-bond donors (Lipinski definition) is 0. The molecular formula is C21H20N2O4. The second-order valence-electron chi connectivity index (χ2n) is 6.73. The number of ether oxygens (including phenoxy) is 1. The standard InChI is InChI=1S/C21H20N2O4/c1-27-15-11-9-14(10-12-15)19(24)23-17-7-3-2-6-16(17)20(25)22-13-5-4-8-18(22)21(23)26/h2-3,6-7,9-12,18H,4-5,8,13H2,1H3. The van der Waals surface area contributed by atoms with Gasteiger partial charge in [-0.15, -0.1) is 0 Å². The van der Waals surface area contributed by atoms with Crippen LogP contribution in [0.3, 0.4) is 0 Å². The Labute approximate surface area is 157 Å². The minimum Gasteiger partial charge on any atom is -0.497 e. The van der Waals surface area contributed by atoms with E-state index in [1.54, 1.807) is 60.5 Å². The Bertz CT molecular complexity index is 907. The number of para-hydroxylation sites is 1. The first-order chi connectivity index (χ1) is 13.1. The van der Waals surface area contributed by atoms with Crippen LogP contribution in [0.4, 0.5) is 5.69 Å². The molecule has 1 unspecified atom stereocenters. The van der Waals surface area contributed by atoms with Crippen LogP contribution >= 0.6 is 0 Å². The van der Waals surface area contributed by atoms with E-state index in [2.05, 4.69) is 0 Å². The molecule has 27 heavy (non-hydrogen) atoms. The lowest BCUT2D eigenvalue weighted by Gasteiger charge is -2.34. The Morgan fingerprint density at radius 2 is 1.78 bits per heavy atom. The Morgan fingerprint density at radius 3 is 2.52 bits per heavy atom. The average Bonchev–Trinajstić information content (AvgIpc) is 2.82. The molecule has 1 atom stereocenters. The number of anilines is 1. The summed E-state index contributed by atoms with van der Waals surface area (Å²) in [6, 6.07) is 12.8. The summed E-state index contributed by atoms with van der Waals surface area (Å²) in [5.74, 6) is -0.333. The Kier molecular flexibility index (Phi) is 4.39. The molecular weight excluding hydrogens is 344 g/mol. The van der Waals surface area contributed by atoms with Gasteiger partial charge in [-0.25, -0.2) is 4.90 Å². The van der Waals surface area contributed by atoms with E-state index in [0.29, 0.717) is 35.5 Å². The summed E-state index contributed by atoms with van der Waals surface area (Å²) in [5, 5.41) is 0. The van der Waals surface area contributed by atoms with Crippen LogP contribution in [0.5, 0.6) is 5.75 Å². The topological polar surface area (TPSA) is 66.9 Å². The summed E-state index contributed by atoms with van der Waals surface area (Å²) in [6.45, 7) is 0.536. The van der Waals surface area contributed by atoms with E-state index in [1.807, 2.05) is 0 Å². The maximum absolute atomic E-state index is 13.3. The van der Waals surface area contributed by atoms with Gasteiger partial charge in [-0.2, -0.15) is 0 Å². The van der Waals surface area contributed by atoms with Gasteiger partial charge in [0.2, 0.25) is 0 Å². The number of amides is 3. The van der Waals surface area contributed by atoms with Crippen molar-refractivity contribution in [2.24, 2.45) is 0 Å². The minimum absolute atomic E-state index is 0.186. The van der Waals surface area contributed by atoms with E-state index in [4.69, 9.17) is 4.74 Å². The maximum atomic E-state index is 13.3. The largest absolute Gasteiger partial charge is 0.497 e. The molecule has 2 heterocycles. The van der Waals surface area contributed by atoms with Crippen molar-refractivity contribution in [1.82, 2.24) is 4.90 Å². The summed E-state index contributed by atoms with van der Waals surface area (Å²) in [7, 11) is 1.55. The van der Waals surface area contributed by atoms with Gasteiger partial charge in [-0.3, -0.25) is 14.4 Å². The number of hydrogen-bond acceptors (Lipinski definition) is 4. The molecule has 4 rings (SSSR count). The van der Waals surface area contributed by atoms with E-state index in [-0.39, 0.29) is 11.8 Å². The van der Waals surface area contributed by atoms with Crippen molar-refractivity contribution in [1.29, 1.82) is 0 Å². The molecule has 2 aliphatic rings. The van der Waals surface area contributed by atoms with Crippen LogP contribution in [0.2, 0.25) is 0 Å². The molecule has 1 fully saturated rings. The van der Waals surface area contributed by atoms with Crippen molar-refractivity contribution >= 4 is 23.4 Å². The van der Waals surface area contributed by atoms with Crippen molar-refractivity contribution in [2.45, 2.75) is 25.3 Å². The second-order valence-corrected chi connectivity index (χ2v) is 6.73. The first-order valence-electron chi connectivity index (χ1n) is 9.04. The molecule has 0 spiro atoms. The van der Waals surface area contributed by atoms with Gasteiger partial charge in [0.15, 0.2) is 0 Å². The molecule has 6 heteroatoms. The van der Waals surface area contributed by atoms with E-state index >= 15 is 0 Å². The fraction of sp³-hybridized carbons (Fsp3) is 0.286. The van der Waals surface area contributed by atoms with Crippen LogP contribution in [-0.2, 0) is 4.79 Å². The number of carbonyl (C=O) groups is 3. The molecule has 3 amide bonds. The van der Waals surface area contributed by atoms with Crippen LogP contribution < -0.4 is 9.64 Å². The van der Waals surface area contributed by atoms with E-state index in [0.717, 1.165) is 12.8 Å². The number of imide groups is 1. The van der Waals surface area contributed by atoms with Gasteiger partial charge in [0.1, 0.15) is 11.8 Å². The van der Waals surface area contributed by atoms with Gasteiger partial charge in [-0.05, 0) is 55.7 Å². The van der Waals surface area contributed by atoms with Gasteiger partial charge in [-0.1, -0.05) is 12.1 Å². The Morgan fingerprint density at radius 1 is 1.04 bits per heavy atom. The molecule has 138 valence electrons. The highest BCUT2D eigenvalue weighted by Gasteiger charge is 2.42. The van der Waals surface area contributed by atoms with Gasteiger partial charge < -0.3 is 9.64 Å². The summed E-state index contributed by atoms with van der Waals surface area (Å²) in [6.07, 6.45) is 2.30. The summed E-state index contributed by atoms with van der Waals surface area (Å²) >= 11 is 0. The third-order valence-corrected chi connectivity index (χ3v) is 5.18. The van der Waals surface area contributed by atoms with E-state index in [9.17, 15) is 14.4 Å². The number of piperidine rings is 1. The molecule has 2 aromatic rings. The van der Waals surface area contributed by atoms with Gasteiger partial charge >= 0.3 is 0 Å². The molecule has 0 bridgehead atoms. The van der Waals surface area contributed by atoms with Crippen molar-refractivity contribution < 1.29 is 19.1 Å². The van der Waals surface area contributed by atoms with Gasteiger partial charge in [0.25, 0.3) is 17.7 Å². The van der Waals surface area contributed by atoms with Gasteiger partial charge in [0.05, 0.1) is 18.4 Å². The minimum atomic E-state index is -0.596. The first kappa shape index (κ1) is 17.3. The van der Waals surface area contributed by atoms with Crippen molar-refractivity contribution in [3.05, 3.63) is 59.7 Å². The van der Waals surface area contributed by atoms with E-state index in [1.165, 1.54) is 4.90 Å². The molecule has 2 aromatic carbocycles. The summed E-state index contributed by atoms with van der Waals surface area (Å²) < 4.78 is 5.13. The van der Waals surface area contributed by atoms with Crippen LogP contribution in [0.25, 0.3) is 0 Å². The highest BCUT2D eigenvalue weighted by Crippen LogP contribution is 2.33. The SMILES string of the molecule is COc1ccc(C(=O)N2C(=O)C3CCCCN3C(=O)c3ccccc32)cc1. The van der Waals surface area contributed by atoms with Gasteiger partial charge in [0, 0.05) is 12.1 Å². The fourth-order valence-corrected chi connectivity index (χ4v) is 3.78. The third kappa shape index (κ3) is 2.87. The smallest absolute Gasteiger partial charge is 0.265 e. The molecule has 0 aromatic heterocycles. The molecule has 0 radical (unpaired) electrons. The lowest BCUT2D eigenvalue weighted by atomic mass is 10.0. The zero-order valence-corrected chi connectivity index (χ0v) is 15.1. The van der Waals surface area contributed by atoms with Crippen LogP contribution in [0, 0.1) is 0 Å². The van der Waals surface area contributed by atoms with Crippen LogP contribution in [-0.4, -0.2) is 42.3 Å². The summed E-state index contributed by atoms with van der Waals surface area (Å²) in [4.78, 5) is 42.4. The first-order valence-corrected chi connectivity index (χ1v) is 9.04. The normalized spacial score (nSPS) is 19.2. The van der Waals surface area contributed by atoms with Crippen LogP contribution in [0.1, 0.15) is 40.0 Å². The number of benzene rings is 2.